The fraction of sp³-hybridized carbons (Fsp3) is 0.367. The molecule has 3 aromatic carbocycles. The molecule has 2 aliphatic heterocycles. The average Bonchev–Trinajstić information content (AvgIpc) is 2.97. The van der Waals surface area contributed by atoms with Crippen LogP contribution in [0.5, 0.6) is 11.5 Å². The smallest absolute Gasteiger partial charge is 0.269 e. The summed E-state index contributed by atoms with van der Waals surface area (Å²) in [6.45, 7) is 3.50. The molecule has 0 unspecified atom stereocenters. The topological polar surface area (TPSA) is 97.2 Å². The SMILES string of the molecule is COc1ccc(CCNC(=O)[C@H]2Cc3cc([N+](=O)[O-])ccc3N3CCN(Cc4ccc(Cl)cc4)C[C@H]23)cc1OC. The molecule has 1 saturated heterocycles. The Morgan fingerprint density at radius 2 is 1.77 bits per heavy atom. The number of nitro groups is 1. The van der Waals surface area contributed by atoms with Crippen LogP contribution in [0.4, 0.5) is 11.4 Å². The Hall–Kier alpha value is -3.82. The molecular formula is C30H33ClN4O5. The molecule has 0 bridgehead atoms. The van der Waals surface area contributed by atoms with E-state index in [2.05, 4.69) is 15.1 Å². The Morgan fingerprint density at radius 3 is 2.50 bits per heavy atom. The number of rotatable bonds is 9. The number of hydrogen-bond acceptors (Lipinski definition) is 7. The normalized spacial score (nSPS) is 18.4. The summed E-state index contributed by atoms with van der Waals surface area (Å²) in [5, 5.41) is 15.3. The third-order valence-corrected chi connectivity index (χ3v) is 8.06. The van der Waals surface area contributed by atoms with Crippen molar-refractivity contribution in [1.29, 1.82) is 0 Å². The Labute approximate surface area is 238 Å². The van der Waals surface area contributed by atoms with E-state index in [1.54, 1.807) is 26.4 Å². The number of ether oxygens (including phenoxy) is 2. The summed E-state index contributed by atoms with van der Waals surface area (Å²) >= 11 is 6.07. The van der Waals surface area contributed by atoms with Gasteiger partial charge in [-0.25, -0.2) is 0 Å². The molecule has 2 aliphatic rings. The molecule has 10 heteroatoms. The first-order valence-corrected chi connectivity index (χ1v) is 13.7. The van der Waals surface area contributed by atoms with Crippen LogP contribution in [0.25, 0.3) is 0 Å². The zero-order valence-corrected chi connectivity index (χ0v) is 23.4. The lowest BCUT2D eigenvalue weighted by Crippen LogP contribution is -2.61. The van der Waals surface area contributed by atoms with E-state index in [0.717, 1.165) is 36.4 Å². The Morgan fingerprint density at radius 1 is 1.02 bits per heavy atom. The molecule has 0 radical (unpaired) electrons. The number of nitrogens with zero attached hydrogens (tertiary/aromatic N) is 3. The van der Waals surface area contributed by atoms with Crippen LogP contribution in [-0.4, -0.2) is 62.2 Å². The molecule has 210 valence electrons. The number of anilines is 1. The number of carbonyl (C=O) groups is 1. The third kappa shape index (κ3) is 6.00. The number of benzene rings is 3. The van der Waals surface area contributed by atoms with Gasteiger partial charge in [-0.2, -0.15) is 0 Å². The van der Waals surface area contributed by atoms with E-state index >= 15 is 0 Å². The molecule has 0 saturated carbocycles. The number of nitro benzene ring substituents is 1. The second-order valence-corrected chi connectivity index (χ2v) is 10.7. The zero-order chi connectivity index (χ0) is 28.2. The number of non-ortho nitro benzene ring substituents is 1. The second kappa shape index (κ2) is 12.1. The van der Waals surface area contributed by atoms with Gasteiger partial charge in [0, 0.05) is 55.6 Å². The molecule has 0 spiro atoms. The summed E-state index contributed by atoms with van der Waals surface area (Å²) in [6.07, 6.45) is 1.09. The fourth-order valence-corrected chi connectivity index (χ4v) is 5.90. The van der Waals surface area contributed by atoms with Crippen LogP contribution in [0, 0.1) is 16.0 Å². The van der Waals surface area contributed by atoms with Gasteiger partial charge in [0.15, 0.2) is 11.5 Å². The highest BCUT2D eigenvalue weighted by Crippen LogP contribution is 2.38. The van der Waals surface area contributed by atoms with Crippen molar-refractivity contribution in [3.8, 4) is 11.5 Å². The first-order chi connectivity index (χ1) is 19.4. The van der Waals surface area contributed by atoms with Gasteiger partial charge < -0.3 is 19.7 Å². The van der Waals surface area contributed by atoms with Crippen molar-refractivity contribution in [1.82, 2.24) is 10.2 Å². The summed E-state index contributed by atoms with van der Waals surface area (Å²) in [5.74, 6) is 0.926. The molecule has 0 aliphatic carbocycles. The molecule has 9 nitrogen and oxygen atoms in total. The molecule has 5 rings (SSSR count). The molecule has 2 heterocycles. The van der Waals surface area contributed by atoms with Crippen molar-refractivity contribution in [3.05, 3.63) is 92.5 Å². The number of carbonyl (C=O) groups excluding carboxylic acids is 1. The largest absolute Gasteiger partial charge is 0.493 e. The van der Waals surface area contributed by atoms with Crippen LogP contribution >= 0.6 is 11.6 Å². The van der Waals surface area contributed by atoms with Gasteiger partial charge in [-0.05, 0) is 59.9 Å². The quantitative estimate of drug-likeness (QED) is 0.302. The minimum absolute atomic E-state index is 0.0408. The highest BCUT2D eigenvalue weighted by molar-refractivity contribution is 6.30. The number of halogens is 1. The van der Waals surface area contributed by atoms with Crippen LogP contribution in [0.2, 0.25) is 5.02 Å². The molecular weight excluding hydrogens is 532 g/mol. The predicted molar refractivity (Wildman–Crippen MR) is 154 cm³/mol. The summed E-state index contributed by atoms with van der Waals surface area (Å²) in [4.78, 5) is 29.4. The summed E-state index contributed by atoms with van der Waals surface area (Å²) in [7, 11) is 3.20. The van der Waals surface area contributed by atoms with Gasteiger partial charge in [-0.1, -0.05) is 29.8 Å². The van der Waals surface area contributed by atoms with E-state index in [1.165, 1.54) is 5.56 Å². The van der Waals surface area contributed by atoms with E-state index in [1.807, 2.05) is 48.5 Å². The lowest BCUT2D eigenvalue weighted by molar-refractivity contribution is -0.384. The molecule has 1 N–H and O–H groups in total. The van der Waals surface area contributed by atoms with Gasteiger partial charge in [-0.15, -0.1) is 0 Å². The first-order valence-electron chi connectivity index (χ1n) is 13.4. The molecule has 1 fully saturated rings. The number of amides is 1. The Balaban J connectivity index is 1.32. The Kier molecular flexibility index (Phi) is 8.42. The maximum absolute atomic E-state index is 13.6. The molecule has 3 aromatic rings. The minimum atomic E-state index is -0.380. The van der Waals surface area contributed by atoms with Crippen LogP contribution in [0.3, 0.4) is 0 Å². The van der Waals surface area contributed by atoms with Crippen molar-refractivity contribution in [3.63, 3.8) is 0 Å². The highest BCUT2D eigenvalue weighted by atomic mass is 35.5. The number of methoxy groups -OCH3 is 2. The summed E-state index contributed by atoms with van der Waals surface area (Å²) in [6, 6.07) is 18.5. The molecule has 0 aromatic heterocycles. The second-order valence-electron chi connectivity index (χ2n) is 10.2. The van der Waals surface area contributed by atoms with Crippen LogP contribution in [0.15, 0.2) is 60.7 Å². The lowest BCUT2D eigenvalue weighted by atomic mass is 9.83. The van der Waals surface area contributed by atoms with Gasteiger partial charge in [0.2, 0.25) is 5.91 Å². The summed E-state index contributed by atoms with van der Waals surface area (Å²) in [5.41, 5.74) is 4.07. The van der Waals surface area contributed by atoms with Crippen LogP contribution in [0.1, 0.15) is 16.7 Å². The van der Waals surface area contributed by atoms with Gasteiger partial charge >= 0.3 is 0 Å². The van der Waals surface area contributed by atoms with Gasteiger partial charge in [0.1, 0.15) is 0 Å². The minimum Gasteiger partial charge on any atom is -0.493 e. The predicted octanol–water partition coefficient (Wildman–Crippen LogP) is 4.49. The van der Waals surface area contributed by atoms with Gasteiger partial charge in [0.05, 0.1) is 31.1 Å². The van der Waals surface area contributed by atoms with E-state index < -0.39 is 0 Å². The van der Waals surface area contributed by atoms with Crippen molar-refractivity contribution >= 4 is 28.9 Å². The monoisotopic (exact) mass is 564 g/mol. The number of nitrogens with one attached hydrogen (secondary N) is 1. The first kappa shape index (κ1) is 27.7. The van der Waals surface area contributed by atoms with E-state index in [-0.39, 0.29) is 28.5 Å². The summed E-state index contributed by atoms with van der Waals surface area (Å²) < 4.78 is 10.7. The molecule has 40 heavy (non-hydrogen) atoms. The average molecular weight is 565 g/mol. The standard InChI is InChI=1S/C30H33ClN4O5/c1-39-28-10-5-20(15-29(28)40-2)11-12-32-30(36)25-17-22-16-24(35(37)38)8-9-26(22)34-14-13-33(19-27(25)34)18-21-3-6-23(31)7-4-21/h3-10,15-16,25,27H,11-14,17-19H2,1-2H3,(H,32,36)/t25-,27+/m0/s1. The number of fused-ring (bicyclic) bond motifs is 3. The third-order valence-electron chi connectivity index (χ3n) is 7.81. The highest BCUT2D eigenvalue weighted by Gasteiger charge is 2.41. The van der Waals surface area contributed by atoms with E-state index in [4.69, 9.17) is 21.1 Å². The van der Waals surface area contributed by atoms with E-state index in [0.29, 0.717) is 42.5 Å². The maximum atomic E-state index is 13.6. The van der Waals surface area contributed by atoms with Crippen molar-refractivity contribution in [2.75, 3.05) is 45.3 Å². The van der Waals surface area contributed by atoms with Crippen molar-refractivity contribution in [2.45, 2.75) is 25.4 Å². The van der Waals surface area contributed by atoms with Crippen LogP contribution < -0.4 is 19.7 Å². The number of piperazine rings is 1. The van der Waals surface area contributed by atoms with Gasteiger partial charge in [-0.3, -0.25) is 19.8 Å². The molecule has 2 atom stereocenters. The van der Waals surface area contributed by atoms with E-state index in [9.17, 15) is 14.9 Å². The van der Waals surface area contributed by atoms with Crippen molar-refractivity contribution < 1.29 is 19.2 Å². The van der Waals surface area contributed by atoms with Gasteiger partial charge in [0.25, 0.3) is 5.69 Å². The maximum Gasteiger partial charge on any atom is 0.269 e. The molecule has 1 amide bonds. The van der Waals surface area contributed by atoms with Crippen molar-refractivity contribution in [2.24, 2.45) is 5.92 Å². The zero-order valence-electron chi connectivity index (χ0n) is 22.6. The van der Waals surface area contributed by atoms with Crippen LogP contribution in [-0.2, 0) is 24.2 Å². The Bertz CT molecular complexity index is 1380. The fourth-order valence-electron chi connectivity index (χ4n) is 5.77. The number of hydrogen-bond donors (Lipinski definition) is 1. The lowest BCUT2D eigenvalue weighted by Gasteiger charge is -2.49.